The molecule has 1 aromatic carbocycles. The fourth-order valence-electron chi connectivity index (χ4n) is 1.37. The number of ether oxygens (including phenoxy) is 1. The average Bonchev–Trinajstić information content (AvgIpc) is 2.23. The molecule has 0 spiro atoms. The summed E-state index contributed by atoms with van der Waals surface area (Å²) in [5.74, 6) is 1.43. The molecule has 94 valence electrons. The van der Waals surface area contributed by atoms with Crippen LogP contribution in [0.5, 0.6) is 11.6 Å². The molecular weight excluding hydrogens is 295 g/mol. The summed E-state index contributed by atoms with van der Waals surface area (Å²) in [4.78, 5) is 8.22. The summed E-state index contributed by atoms with van der Waals surface area (Å²) >= 11 is 17.8. The molecule has 0 N–H and O–H groups in total. The summed E-state index contributed by atoms with van der Waals surface area (Å²) in [5.41, 5.74) is 0.665. The second kappa shape index (κ2) is 5.31. The van der Waals surface area contributed by atoms with Crippen LogP contribution in [0.2, 0.25) is 15.2 Å². The van der Waals surface area contributed by atoms with E-state index in [4.69, 9.17) is 39.5 Å². The van der Waals surface area contributed by atoms with Crippen LogP contribution in [0.15, 0.2) is 18.2 Å². The molecule has 0 fully saturated rings. The monoisotopic (exact) mass is 302 g/mol. The van der Waals surface area contributed by atoms with Crippen molar-refractivity contribution in [2.45, 2.75) is 13.8 Å². The molecule has 0 atom stereocenters. The van der Waals surface area contributed by atoms with E-state index in [9.17, 15) is 0 Å². The van der Waals surface area contributed by atoms with Gasteiger partial charge in [-0.05, 0) is 32.0 Å². The minimum Gasteiger partial charge on any atom is -0.438 e. The number of aryl methyl sites for hydroxylation is 1. The molecule has 1 aromatic heterocycles. The fourth-order valence-corrected chi connectivity index (χ4v) is 2.08. The van der Waals surface area contributed by atoms with Crippen LogP contribution in [0.25, 0.3) is 0 Å². The van der Waals surface area contributed by atoms with Crippen LogP contribution in [0.1, 0.15) is 11.4 Å². The molecule has 3 nitrogen and oxygen atoms in total. The predicted octanol–water partition coefficient (Wildman–Crippen LogP) is 4.85. The first kappa shape index (κ1) is 13.4. The van der Waals surface area contributed by atoms with E-state index in [1.54, 1.807) is 32.0 Å². The van der Waals surface area contributed by atoms with Gasteiger partial charge in [-0.15, -0.1) is 0 Å². The van der Waals surface area contributed by atoms with Crippen LogP contribution in [-0.4, -0.2) is 9.97 Å². The smallest absolute Gasteiger partial charge is 0.226 e. The molecule has 0 aliphatic rings. The van der Waals surface area contributed by atoms with Crippen molar-refractivity contribution in [2.24, 2.45) is 0 Å². The Labute approximate surface area is 120 Å². The first-order chi connectivity index (χ1) is 8.45. The average molecular weight is 304 g/mol. The van der Waals surface area contributed by atoms with Crippen molar-refractivity contribution < 1.29 is 4.74 Å². The van der Waals surface area contributed by atoms with Crippen LogP contribution < -0.4 is 4.74 Å². The van der Waals surface area contributed by atoms with Gasteiger partial charge in [-0.3, -0.25) is 0 Å². The Morgan fingerprint density at radius 3 is 2.17 bits per heavy atom. The van der Waals surface area contributed by atoms with Crippen molar-refractivity contribution >= 4 is 34.8 Å². The van der Waals surface area contributed by atoms with Gasteiger partial charge >= 0.3 is 0 Å². The normalized spacial score (nSPS) is 10.5. The molecule has 2 rings (SSSR count). The lowest BCUT2D eigenvalue weighted by Gasteiger charge is -2.09. The highest BCUT2D eigenvalue weighted by Gasteiger charge is 2.10. The van der Waals surface area contributed by atoms with Crippen molar-refractivity contribution in [1.29, 1.82) is 0 Å². The third kappa shape index (κ3) is 3.05. The third-order valence-electron chi connectivity index (χ3n) is 2.20. The number of rotatable bonds is 2. The standard InChI is InChI=1S/C12H9Cl3N2O/c1-6-11(15)16-7(2)17-12(6)18-10-4-8(13)3-9(14)5-10/h3-5H,1-2H3. The lowest BCUT2D eigenvalue weighted by Crippen LogP contribution is -1.97. The highest BCUT2D eigenvalue weighted by molar-refractivity contribution is 6.34. The summed E-state index contributed by atoms with van der Waals surface area (Å²) < 4.78 is 5.63. The van der Waals surface area contributed by atoms with Crippen LogP contribution in [0, 0.1) is 13.8 Å². The van der Waals surface area contributed by atoms with Gasteiger partial charge in [0.25, 0.3) is 0 Å². The van der Waals surface area contributed by atoms with E-state index < -0.39 is 0 Å². The van der Waals surface area contributed by atoms with Crippen molar-refractivity contribution in [1.82, 2.24) is 9.97 Å². The first-order valence-electron chi connectivity index (χ1n) is 5.10. The molecular formula is C12H9Cl3N2O. The predicted molar refractivity (Wildman–Crippen MR) is 73.1 cm³/mol. The molecule has 0 radical (unpaired) electrons. The van der Waals surface area contributed by atoms with E-state index in [-0.39, 0.29) is 0 Å². The minimum absolute atomic E-state index is 0.366. The highest BCUT2D eigenvalue weighted by Crippen LogP contribution is 2.30. The number of aromatic nitrogens is 2. The molecule has 1 heterocycles. The Bertz CT molecular complexity index is 582. The van der Waals surface area contributed by atoms with Gasteiger partial charge in [0.05, 0.1) is 0 Å². The van der Waals surface area contributed by atoms with E-state index in [1.807, 2.05) is 0 Å². The largest absolute Gasteiger partial charge is 0.438 e. The van der Waals surface area contributed by atoms with Crippen molar-refractivity contribution in [3.63, 3.8) is 0 Å². The number of hydrogen-bond acceptors (Lipinski definition) is 3. The molecule has 0 amide bonds. The van der Waals surface area contributed by atoms with Gasteiger partial charge in [-0.25, -0.2) is 4.98 Å². The third-order valence-corrected chi connectivity index (χ3v) is 3.01. The van der Waals surface area contributed by atoms with Crippen molar-refractivity contribution in [3.8, 4) is 11.6 Å². The SMILES string of the molecule is Cc1nc(Cl)c(C)c(Oc2cc(Cl)cc(Cl)c2)n1. The minimum atomic E-state index is 0.366. The zero-order valence-electron chi connectivity index (χ0n) is 9.67. The highest BCUT2D eigenvalue weighted by atomic mass is 35.5. The van der Waals surface area contributed by atoms with Crippen LogP contribution in [-0.2, 0) is 0 Å². The Morgan fingerprint density at radius 1 is 0.944 bits per heavy atom. The molecule has 0 aliphatic carbocycles. The molecule has 0 saturated heterocycles. The lowest BCUT2D eigenvalue weighted by molar-refractivity contribution is 0.455. The Hall–Kier alpha value is -1.03. The van der Waals surface area contributed by atoms with Crippen molar-refractivity contribution in [3.05, 3.63) is 44.8 Å². The fraction of sp³-hybridized carbons (Fsp3) is 0.167. The van der Waals surface area contributed by atoms with Gasteiger partial charge in [0, 0.05) is 15.6 Å². The van der Waals surface area contributed by atoms with E-state index in [0.29, 0.717) is 38.2 Å². The Morgan fingerprint density at radius 2 is 1.56 bits per heavy atom. The lowest BCUT2D eigenvalue weighted by atomic mass is 10.3. The molecule has 0 bridgehead atoms. The van der Waals surface area contributed by atoms with Crippen molar-refractivity contribution in [2.75, 3.05) is 0 Å². The summed E-state index contributed by atoms with van der Waals surface area (Å²) in [6.07, 6.45) is 0. The van der Waals surface area contributed by atoms with Crippen LogP contribution >= 0.6 is 34.8 Å². The van der Waals surface area contributed by atoms with Gasteiger partial charge in [0.15, 0.2) is 0 Å². The van der Waals surface area contributed by atoms with E-state index in [1.165, 1.54) is 0 Å². The first-order valence-corrected chi connectivity index (χ1v) is 6.24. The maximum absolute atomic E-state index is 5.96. The number of nitrogens with zero attached hydrogens (tertiary/aromatic N) is 2. The molecule has 2 aromatic rings. The van der Waals surface area contributed by atoms with Gasteiger partial charge in [-0.1, -0.05) is 34.8 Å². The molecule has 0 unspecified atom stereocenters. The summed E-state index contributed by atoms with van der Waals surface area (Å²) in [6.45, 7) is 3.52. The number of benzene rings is 1. The van der Waals surface area contributed by atoms with Crippen LogP contribution in [0.3, 0.4) is 0 Å². The molecule has 6 heteroatoms. The second-order valence-electron chi connectivity index (χ2n) is 3.70. The Balaban J connectivity index is 2.39. The number of halogens is 3. The molecule has 0 saturated carbocycles. The van der Waals surface area contributed by atoms with Gasteiger partial charge < -0.3 is 4.74 Å². The van der Waals surface area contributed by atoms with Gasteiger partial charge in [-0.2, -0.15) is 4.98 Å². The maximum atomic E-state index is 5.96. The van der Waals surface area contributed by atoms with E-state index in [0.717, 1.165) is 0 Å². The van der Waals surface area contributed by atoms with E-state index in [2.05, 4.69) is 9.97 Å². The van der Waals surface area contributed by atoms with Gasteiger partial charge in [0.1, 0.15) is 16.7 Å². The van der Waals surface area contributed by atoms with Gasteiger partial charge in [0.2, 0.25) is 5.88 Å². The zero-order chi connectivity index (χ0) is 13.3. The Kier molecular flexibility index (Phi) is 3.95. The summed E-state index contributed by atoms with van der Waals surface area (Å²) in [7, 11) is 0. The summed E-state index contributed by atoms with van der Waals surface area (Å²) in [5, 5.41) is 1.35. The maximum Gasteiger partial charge on any atom is 0.226 e. The quantitative estimate of drug-likeness (QED) is 0.744. The topological polar surface area (TPSA) is 35.0 Å². The number of hydrogen-bond donors (Lipinski definition) is 0. The zero-order valence-corrected chi connectivity index (χ0v) is 11.9. The van der Waals surface area contributed by atoms with E-state index >= 15 is 0 Å². The summed E-state index contributed by atoms with van der Waals surface area (Å²) in [6, 6.07) is 4.93. The second-order valence-corrected chi connectivity index (χ2v) is 4.93. The molecule has 18 heavy (non-hydrogen) atoms. The van der Waals surface area contributed by atoms with Crippen LogP contribution in [0.4, 0.5) is 0 Å². The molecule has 0 aliphatic heterocycles.